The zero-order chi connectivity index (χ0) is 35.6. The van der Waals surface area contributed by atoms with Gasteiger partial charge in [-0.25, -0.2) is 8.78 Å². The molecule has 3 rings (SSSR count). The summed E-state index contributed by atoms with van der Waals surface area (Å²) in [5, 5.41) is 10.1. The molecule has 7 nitrogen and oxygen atoms in total. The SMILES string of the molecule is C=C(F)C(=O)N1CCN(c2nc(OC)nc(CCCc3ccccc3Cl)c2CCC)CC1CC#N.CCC(F)CC(CC)CCC(C)C. The van der Waals surface area contributed by atoms with Gasteiger partial charge in [-0.2, -0.15) is 15.2 Å². The number of piperazine rings is 1. The number of amides is 1. The van der Waals surface area contributed by atoms with Crippen LogP contribution in [0.3, 0.4) is 0 Å². The van der Waals surface area contributed by atoms with E-state index in [4.69, 9.17) is 16.3 Å². The summed E-state index contributed by atoms with van der Waals surface area (Å²) in [5.41, 5.74) is 3.06. The Morgan fingerprint density at radius 2 is 1.85 bits per heavy atom. The molecule has 0 N–H and O–H groups in total. The van der Waals surface area contributed by atoms with E-state index in [-0.39, 0.29) is 19.0 Å². The smallest absolute Gasteiger partial charge is 0.318 e. The second-order valence-electron chi connectivity index (χ2n) is 13.0. The summed E-state index contributed by atoms with van der Waals surface area (Å²) in [6, 6.07) is 9.75. The first-order chi connectivity index (χ1) is 23.0. The van der Waals surface area contributed by atoms with Crippen LogP contribution in [0.25, 0.3) is 0 Å². The number of methoxy groups -OCH3 is 1. The Bertz CT molecular complexity index is 1330. The van der Waals surface area contributed by atoms with E-state index in [0.29, 0.717) is 25.4 Å². The minimum Gasteiger partial charge on any atom is -0.467 e. The van der Waals surface area contributed by atoms with Gasteiger partial charge >= 0.3 is 6.01 Å². The molecule has 2 heterocycles. The number of anilines is 1. The molecule has 0 saturated carbocycles. The third-order valence-corrected chi connectivity index (χ3v) is 9.28. The van der Waals surface area contributed by atoms with Crippen molar-refractivity contribution in [1.29, 1.82) is 5.26 Å². The Morgan fingerprint density at radius 1 is 1.12 bits per heavy atom. The standard InChI is InChI=1S/C26H31ClFN5O2.C12H25F/c1-4-8-21-23(12-7-10-19-9-5-6-11-22(19)27)30-26(35-3)31-24(21)32-15-16-33(25(34)18(2)28)20(17-32)13-14-29;1-5-11(8-7-10(3)4)9-12(13)6-2/h5-6,9,11,20H,2,4,7-8,10,12-13,15-17H2,1,3H3;10-12H,5-9H2,1-4H3. The van der Waals surface area contributed by atoms with Gasteiger partial charge in [0.2, 0.25) is 0 Å². The summed E-state index contributed by atoms with van der Waals surface area (Å²) in [6.07, 6.45) is 8.65. The normalized spacial score (nSPS) is 15.7. The quantitative estimate of drug-likeness (QED) is 0.154. The highest BCUT2D eigenvalue weighted by atomic mass is 35.5. The first-order valence-corrected chi connectivity index (χ1v) is 17.9. The number of aromatic nitrogens is 2. The average molecular weight is 688 g/mol. The zero-order valence-corrected chi connectivity index (χ0v) is 30.7. The number of carbonyl (C=O) groups excluding carboxylic acids is 1. The fourth-order valence-electron chi connectivity index (χ4n) is 6.05. The summed E-state index contributed by atoms with van der Waals surface area (Å²) in [5.74, 6) is 0.337. The molecule has 1 fully saturated rings. The maximum absolute atomic E-state index is 13.6. The molecule has 3 unspecified atom stereocenters. The molecule has 1 amide bonds. The highest BCUT2D eigenvalue weighted by Crippen LogP contribution is 2.30. The van der Waals surface area contributed by atoms with Crippen LogP contribution in [-0.4, -0.2) is 59.7 Å². The first-order valence-electron chi connectivity index (χ1n) is 17.6. The fourth-order valence-corrected chi connectivity index (χ4v) is 6.28. The van der Waals surface area contributed by atoms with Crippen molar-refractivity contribution in [2.24, 2.45) is 11.8 Å². The molecular weight excluding hydrogens is 632 g/mol. The maximum Gasteiger partial charge on any atom is 0.318 e. The number of benzene rings is 1. The van der Waals surface area contributed by atoms with Crippen LogP contribution in [0.2, 0.25) is 5.02 Å². The van der Waals surface area contributed by atoms with Crippen LogP contribution < -0.4 is 9.64 Å². The van der Waals surface area contributed by atoms with Crippen molar-refractivity contribution in [3.8, 4) is 12.1 Å². The number of rotatable bonds is 17. The molecule has 10 heteroatoms. The summed E-state index contributed by atoms with van der Waals surface area (Å²) in [4.78, 5) is 25.1. The molecule has 1 aliphatic heterocycles. The van der Waals surface area contributed by atoms with Crippen molar-refractivity contribution < 1.29 is 18.3 Å². The maximum atomic E-state index is 13.6. The van der Waals surface area contributed by atoms with Gasteiger partial charge in [-0.15, -0.1) is 0 Å². The minimum absolute atomic E-state index is 0.0888. The predicted molar refractivity (Wildman–Crippen MR) is 192 cm³/mol. The monoisotopic (exact) mass is 687 g/mol. The predicted octanol–water partition coefficient (Wildman–Crippen LogP) is 9.27. The van der Waals surface area contributed by atoms with Gasteiger partial charge in [-0.1, -0.05) is 96.7 Å². The van der Waals surface area contributed by atoms with Crippen molar-refractivity contribution >= 4 is 23.3 Å². The van der Waals surface area contributed by atoms with Gasteiger partial charge in [0.15, 0.2) is 5.83 Å². The van der Waals surface area contributed by atoms with E-state index in [1.807, 2.05) is 31.2 Å². The Labute approximate surface area is 292 Å². The second kappa shape index (κ2) is 21.7. The molecular formula is C38H56ClF2N5O2. The third kappa shape index (κ3) is 13.0. The largest absolute Gasteiger partial charge is 0.467 e. The lowest BCUT2D eigenvalue weighted by atomic mass is 9.91. The number of aryl methyl sites for hydroxylation is 2. The van der Waals surface area contributed by atoms with E-state index in [1.54, 1.807) is 0 Å². The molecule has 266 valence electrons. The van der Waals surface area contributed by atoms with Crippen LogP contribution >= 0.6 is 11.6 Å². The highest BCUT2D eigenvalue weighted by Gasteiger charge is 2.33. The van der Waals surface area contributed by atoms with Crippen molar-refractivity contribution in [2.75, 3.05) is 31.6 Å². The molecule has 0 radical (unpaired) electrons. The van der Waals surface area contributed by atoms with E-state index in [1.165, 1.54) is 24.9 Å². The van der Waals surface area contributed by atoms with E-state index >= 15 is 0 Å². The summed E-state index contributed by atoms with van der Waals surface area (Å²) in [7, 11) is 1.54. The fraction of sp³-hybridized carbons (Fsp3) is 0.632. The zero-order valence-electron chi connectivity index (χ0n) is 29.9. The first kappa shape index (κ1) is 40.9. The third-order valence-electron chi connectivity index (χ3n) is 8.91. The van der Waals surface area contributed by atoms with Gasteiger partial charge < -0.3 is 14.5 Å². The topological polar surface area (TPSA) is 82.3 Å². The van der Waals surface area contributed by atoms with Crippen molar-refractivity contribution in [3.63, 3.8) is 0 Å². The van der Waals surface area contributed by atoms with E-state index in [9.17, 15) is 18.8 Å². The van der Waals surface area contributed by atoms with Crippen molar-refractivity contribution in [3.05, 3.63) is 58.5 Å². The van der Waals surface area contributed by atoms with Gasteiger partial charge in [-0.3, -0.25) is 4.79 Å². The molecule has 1 saturated heterocycles. The number of hydrogen-bond acceptors (Lipinski definition) is 6. The number of carbonyl (C=O) groups is 1. The number of hydrogen-bond donors (Lipinski definition) is 0. The second-order valence-corrected chi connectivity index (χ2v) is 13.4. The number of halogens is 3. The lowest BCUT2D eigenvalue weighted by Crippen LogP contribution is -2.55. The summed E-state index contributed by atoms with van der Waals surface area (Å²) >= 11 is 6.32. The number of nitrogens with zero attached hydrogens (tertiary/aromatic N) is 5. The van der Waals surface area contributed by atoms with Crippen LogP contribution in [0, 0.1) is 23.2 Å². The van der Waals surface area contributed by atoms with Gasteiger partial charge in [0, 0.05) is 30.2 Å². The van der Waals surface area contributed by atoms with Gasteiger partial charge in [0.25, 0.3) is 5.91 Å². The van der Waals surface area contributed by atoms with Gasteiger partial charge in [0.1, 0.15) is 12.0 Å². The molecule has 48 heavy (non-hydrogen) atoms. The Kier molecular flexibility index (Phi) is 18.5. The van der Waals surface area contributed by atoms with E-state index in [0.717, 1.165) is 78.5 Å². The Balaban J connectivity index is 0.000000521. The number of alkyl halides is 1. The average Bonchev–Trinajstić information content (AvgIpc) is 3.07. The van der Waals surface area contributed by atoms with Crippen molar-refractivity contribution in [2.45, 2.75) is 117 Å². The Hall–Kier alpha value is -3.25. The molecule has 0 bridgehead atoms. The molecule has 0 aliphatic carbocycles. The minimum atomic E-state index is -1.02. The van der Waals surface area contributed by atoms with Crippen LogP contribution in [0.15, 0.2) is 36.7 Å². The summed E-state index contributed by atoms with van der Waals surface area (Å²) < 4.78 is 32.1. The van der Waals surface area contributed by atoms with E-state index in [2.05, 4.69) is 55.2 Å². The highest BCUT2D eigenvalue weighted by molar-refractivity contribution is 6.31. The van der Waals surface area contributed by atoms with Gasteiger partial charge in [0.05, 0.1) is 31.3 Å². The number of nitriles is 1. The molecule has 1 aromatic heterocycles. The van der Waals surface area contributed by atoms with Crippen LogP contribution in [0.1, 0.15) is 103 Å². The van der Waals surface area contributed by atoms with Gasteiger partial charge in [-0.05, 0) is 62.0 Å². The van der Waals surface area contributed by atoms with Crippen LogP contribution in [0.5, 0.6) is 6.01 Å². The molecule has 3 atom stereocenters. The molecule has 1 aliphatic rings. The Morgan fingerprint density at radius 3 is 2.44 bits per heavy atom. The number of ether oxygens (including phenoxy) is 1. The lowest BCUT2D eigenvalue weighted by molar-refractivity contribution is -0.131. The lowest BCUT2D eigenvalue weighted by Gasteiger charge is -2.41. The van der Waals surface area contributed by atoms with E-state index < -0.39 is 23.9 Å². The molecule has 0 spiro atoms. The molecule has 2 aromatic rings. The summed E-state index contributed by atoms with van der Waals surface area (Å²) in [6.45, 7) is 14.9. The van der Waals surface area contributed by atoms with Crippen molar-refractivity contribution in [1.82, 2.24) is 14.9 Å². The molecule has 1 aromatic carbocycles. The van der Waals surface area contributed by atoms with Crippen LogP contribution in [0.4, 0.5) is 14.6 Å². The van der Waals surface area contributed by atoms with Crippen LogP contribution in [-0.2, 0) is 24.1 Å².